The van der Waals surface area contributed by atoms with Gasteiger partial charge in [0.25, 0.3) is 0 Å². The molecule has 3 amide bonds. The number of amides is 3. The van der Waals surface area contributed by atoms with E-state index < -0.39 is 0 Å². The fourth-order valence-electron chi connectivity index (χ4n) is 5.19. The zero-order chi connectivity index (χ0) is 31.3. The first-order valence-electron chi connectivity index (χ1n) is 14.8. The van der Waals surface area contributed by atoms with E-state index in [1.807, 2.05) is 93.6 Å². The number of aromatic nitrogens is 2. The first-order valence-corrected chi connectivity index (χ1v) is 14.8. The lowest BCUT2D eigenvalue weighted by Crippen LogP contribution is -2.45. The topological polar surface area (TPSA) is 88.5 Å². The molecular formula is C35H43N5O3. The Hall–Kier alpha value is -4.59. The van der Waals surface area contributed by atoms with Crippen molar-refractivity contribution in [1.29, 1.82) is 0 Å². The number of rotatable bonds is 10. The number of methoxy groups -OCH3 is 1. The summed E-state index contributed by atoms with van der Waals surface area (Å²) in [5.41, 5.74) is 6.24. The number of nitrogens with zero attached hydrogens (tertiary/aromatic N) is 3. The van der Waals surface area contributed by atoms with E-state index in [-0.39, 0.29) is 36.4 Å². The number of para-hydroxylation sites is 1. The minimum Gasteiger partial charge on any atom is -0.497 e. The molecule has 226 valence electrons. The van der Waals surface area contributed by atoms with Gasteiger partial charge >= 0.3 is 6.03 Å². The highest BCUT2D eigenvalue weighted by Gasteiger charge is 2.26. The molecule has 0 atom stereocenters. The highest BCUT2D eigenvalue weighted by Crippen LogP contribution is 2.35. The third-order valence-electron chi connectivity index (χ3n) is 7.50. The highest BCUT2D eigenvalue weighted by atomic mass is 16.5. The lowest BCUT2D eigenvalue weighted by molar-refractivity contribution is -0.117. The molecule has 1 aromatic heterocycles. The molecule has 0 aliphatic carbocycles. The molecule has 0 bridgehead atoms. The Kier molecular flexibility index (Phi) is 9.91. The maximum absolute atomic E-state index is 13.7. The van der Waals surface area contributed by atoms with E-state index in [2.05, 4.69) is 38.3 Å². The summed E-state index contributed by atoms with van der Waals surface area (Å²) in [5.74, 6) is 1.39. The second kappa shape index (κ2) is 13.6. The summed E-state index contributed by atoms with van der Waals surface area (Å²) in [6.07, 6.45) is 0. The Morgan fingerprint density at radius 3 is 1.98 bits per heavy atom. The number of hydrogen-bond donors (Lipinski definition) is 2. The van der Waals surface area contributed by atoms with E-state index in [0.29, 0.717) is 5.82 Å². The maximum atomic E-state index is 13.7. The number of hydrogen-bond acceptors (Lipinski definition) is 4. The molecule has 2 N–H and O–H groups in total. The van der Waals surface area contributed by atoms with Crippen molar-refractivity contribution in [3.8, 4) is 22.6 Å². The molecule has 8 heteroatoms. The fourth-order valence-corrected chi connectivity index (χ4v) is 5.19. The van der Waals surface area contributed by atoms with Crippen molar-refractivity contribution in [3.63, 3.8) is 0 Å². The van der Waals surface area contributed by atoms with E-state index in [0.717, 1.165) is 45.1 Å². The average molecular weight is 582 g/mol. The van der Waals surface area contributed by atoms with Crippen LogP contribution in [0, 0.1) is 6.92 Å². The second-order valence-corrected chi connectivity index (χ2v) is 11.6. The number of carbonyl (C=O) groups excluding carboxylic acids is 2. The number of urea groups is 1. The predicted octanol–water partition coefficient (Wildman–Crippen LogP) is 7.98. The number of aryl methyl sites for hydroxylation is 1. The van der Waals surface area contributed by atoms with Crippen LogP contribution in [0.1, 0.15) is 70.2 Å². The third kappa shape index (κ3) is 7.08. The molecular weight excluding hydrogens is 538 g/mol. The van der Waals surface area contributed by atoms with Crippen LogP contribution in [-0.2, 0) is 4.79 Å². The van der Waals surface area contributed by atoms with Crippen LogP contribution in [0.15, 0.2) is 72.8 Å². The summed E-state index contributed by atoms with van der Waals surface area (Å²) in [6, 6.07) is 22.9. The van der Waals surface area contributed by atoms with Crippen LogP contribution in [0.4, 0.5) is 16.3 Å². The molecule has 3 aromatic carbocycles. The van der Waals surface area contributed by atoms with Crippen molar-refractivity contribution < 1.29 is 14.3 Å². The molecule has 4 rings (SSSR count). The lowest BCUT2D eigenvalue weighted by Gasteiger charge is -2.28. The van der Waals surface area contributed by atoms with Gasteiger partial charge in [0.2, 0.25) is 5.91 Å². The first kappa shape index (κ1) is 31.3. The summed E-state index contributed by atoms with van der Waals surface area (Å²) in [7, 11) is 1.62. The van der Waals surface area contributed by atoms with Crippen molar-refractivity contribution in [2.45, 2.75) is 66.3 Å². The SMILES string of the molecule is COc1ccc(-n2nc(C)c(-c3ccccc3)c2NC(=O)CN(C(=O)Nc2c(C(C)C)cccc2C(C)C)C(C)C)cc1. The zero-order valence-electron chi connectivity index (χ0n) is 26.4. The Bertz CT molecular complexity index is 1530. The van der Waals surface area contributed by atoms with Crippen LogP contribution in [-0.4, -0.2) is 46.3 Å². The van der Waals surface area contributed by atoms with Gasteiger partial charge in [0, 0.05) is 17.3 Å². The number of carbonyl (C=O) groups is 2. The number of nitrogens with one attached hydrogen (secondary N) is 2. The van der Waals surface area contributed by atoms with Gasteiger partial charge in [-0.25, -0.2) is 9.48 Å². The summed E-state index contributed by atoms with van der Waals surface area (Å²) in [4.78, 5) is 29.0. The van der Waals surface area contributed by atoms with Crippen LogP contribution in [0.2, 0.25) is 0 Å². The molecule has 0 fully saturated rings. The van der Waals surface area contributed by atoms with Crippen LogP contribution in [0.25, 0.3) is 16.8 Å². The number of benzene rings is 3. The maximum Gasteiger partial charge on any atom is 0.322 e. The fraction of sp³-hybridized carbons (Fsp3) is 0.343. The van der Waals surface area contributed by atoms with Gasteiger partial charge in [-0.3, -0.25) is 4.79 Å². The van der Waals surface area contributed by atoms with Crippen LogP contribution in [0.3, 0.4) is 0 Å². The Morgan fingerprint density at radius 1 is 0.837 bits per heavy atom. The van der Waals surface area contributed by atoms with E-state index in [4.69, 9.17) is 9.84 Å². The molecule has 0 saturated heterocycles. The summed E-state index contributed by atoms with van der Waals surface area (Å²) in [6.45, 7) is 14.1. The van der Waals surface area contributed by atoms with Crippen LogP contribution in [0.5, 0.6) is 5.75 Å². The molecule has 0 aliphatic heterocycles. The molecule has 0 radical (unpaired) electrons. The molecule has 43 heavy (non-hydrogen) atoms. The minimum absolute atomic E-state index is 0.134. The minimum atomic E-state index is -0.322. The smallest absolute Gasteiger partial charge is 0.322 e. The van der Waals surface area contributed by atoms with Crippen molar-refractivity contribution in [2.24, 2.45) is 0 Å². The molecule has 1 heterocycles. The van der Waals surface area contributed by atoms with E-state index in [9.17, 15) is 9.59 Å². The van der Waals surface area contributed by atoms with Gasteiger partial charge in [-0.05, 0) is 73.6 Å². The van der Waals surface area contributed by atoms with Crippen molar-refractivity contribution >= 4 is 23.4 Å². The van der Waals surface area contributed by atoms with E-state index in [1.165, 1.54) is 0 Å². The Balaban J connectivity index is 1.66. The van der Waals surface area contributed by atoms with E-state index >= 15 is 0 Å². The van der Waals surface area contributed by atoms with Gasteiger partial charge in [0.15, 0.2) is 0 Å². The molecule has 0 spiro atoms. The molecule has 0 saturated carbocycles. The average Bonchev–Trinajstić information content (AvgIpc) is 3.30. The second-order valence-electron chi connectivity index (χ2n) is 11.6. The normalized spacial score (nSPS) is 11.2. The number of anilines is 2. The van der Waals surface area contributed by atoms with Crippen molar-refractivity contribution in [1.82, 2.24) is 14.7 Å². The van der Waals surface area contributed by atoms with Gasteiger partial charge in [-0.1, -0.05) is 76.2 Å². The largest absolute Gasteiger partial charge is 0.497 e. The van der Waals surface area contributed by atoms with Crippen LogP contribution < -0.4 is 15.4 Å². The van der Waals surface area contributed by atoms with E-state index in [1.54, 1.807) is 16.7 Å². The zero-order valence-corrected chi connectivity index (χ0v) is 26.4. The Labute approximate surface area is 255 Å². The third-order valence-corrected chi connectivity index (χ3v) is 7.50. The Morgan fingerprint density at radius 2 is 1.44 bits per heavy atom. The lowest BCUT2D eigenvalue weighted by atomic mass is 9.93. The van der Waals surface area contributed by atoms with Crippen molar-refractivity contribution in [3.05, 3.63) is 89.6 Å². The van der Waals surface area contributed by atoms with Gasteiger partial charge in [-0.15, -0.1) is 0 Å². The highest BCUT2D eigenvalue weighted by molar-refractivity contribution is 6.00. The predicted molar refractivity (Wildman–Crippen MR) is 174 cm³/mol. The summed E-state index contributed by atoms with van der Waals surface area (Å²) in [5, 5.41) is 11.0. The summed E-state index contributed by atoms with van der Waals surface area (Å²) < 4.78 is 7.05. The molecule has 0 unspecified atom stereocenters. The molecule has 4 aromatic rings. The quantitative estimate of drug-likeness (QED) is 0.199. The monoisotopic (exact) mass is 581 g/mol. The summed E-state index contributed by atoms with van der Waals surface area (Å²) >= 11 is 0. The van der Waals surface area contributed by atoms with Crippen molar-refractivity contribution in [2.75, 3.05) is 24.3 Å². The van der Waals surface area contributed by atoms with Gasteiger partial charge in [-0.2, -0.15) is 5.10 Å². The van der Waals surface area contributed by atoms with Crippen LogP contribution >= 0.6 is 0 Å². The van der Waals surface area contributed by atoms with Gasteiger partial charge < -0.3 is 20.3 Å². The molecule has 0 aliphatic rings. The standard InChI is InChI=1S/C35H43N5O3/c1-22(2)29-15-12-16-30(23(3)4)33(29)37-35(42)39(24(5)6)21-31(41)36-34-32(26-13-10-9-11-14-26)25(7)38-40(34)27-17-19-28(43-8)20-18-27/h9-20,22-24H,21H2,1-8H3,(H,36,41)(H,37,42). The van der Waals surface area contributed by atoms with Gasteiger partial charge in [0.05, 0.1) is 18.5 Å². The molecule has 8 nitrogen and oxygen atoms in total. The first-order chi connectivity index (χ1) is 20.5. The van der Waals surface area contributed by atoms with Gasteiger partial charge in [0.1, 0.15) is 18.1 Å². The number of ether oxygens (including phenoxy) is 1.